The highest BCUT2D eigenvalue weighted by Gasteiger charge is 2.21. The standard InChI is InChI=1S/C22H27N/c1-15(2)16-9-10-18-13-17-7-5-6-8-19(17)20(21(18)14-16)11-12-22(3,4)23/h5-11,14-15H,12-13,23H2,1-4H3/b20-11-. The number of fused-ring (bicyclic) bond motifs is 2. The molecule has 0 bridgehead atoms. The zero-order chi connectivity index (χ0) is 16.6. The van der Waals surface area contributed by atoms with E-state index in [0.29, 0.717) is 5.92 Å². The Morgan fingerprint density at radius 3 is 2.43 bits per heavy atom. The first-order valence-electron chi connectivity index (χ1n) is 8.56. The van der Waals surface area contributed by atoms with Crippen LogP contribution in [0, 0.1) is 0 Å². The molecule has 0 amide bonds. The molecule has 2 aromatic carbocycles. The Balaban J connectivity index is 2.15. The van der Waals surface area contributed by atoms with Crippen molar-refractivity contribution in [2.45, 2.75) is 52.0 Å². The van der Waals surface area contributed by atoms with Gasteiger partial charge >= 0.3 is 0 Å². The number of benzene rings is 2. The van der Waals surface area contributed by atoms with Crippen LogP contribution in [0.2, 0.25) is 0 Å². The Hall–Kier alpha value is -1.86. The molecule has 0 aromatic heterocycles. The zero-order valence-electron chi connectivity index (χ0n) is 14.7. The van der Waals surface area contributed by atoms with Crippen molar-refractivity contribution in [3.05, 3.63) is 76.4 Å². The number of nitrogens with two attached hydrogens (primary N) is 1. The molecule has 1 aliphatic rings. The lowest BCUT2D eigenvalue weighted by atomic mass is 9.79. The summed E-state index contributed by atoms with van der Waals surface area (Å²) in [6, 6.07) is 15.7. The minimum Gasteiger partial charge on any atom is -0.325 e. The molecule has 0 atom stereocenters. The van der Waals surface area contributed by atoms with Crippen LogP contribution in [-0.2, 0) is 6.42 Å². The lowest BCUT2D eigenvalue weighted by molar-refractivity contribution is 0.528. The lowest BCUT2D eigenvalue weighted by Gasteiger charge is -2.25. The molecule has 23 heavy (non-hydrogen) atoms. The summed E-state index contributed by atoms with van der Waals surface area (Å²) in [6.07, 6.45) is 4.23. The van der Waals surface area contributed by atoms with Gasteiger partial charge in [-0.3, -0.25) is 0 Å². The van der Waals surface area contributed by atoms with E-state index in [4.69, 9.17) is 5.73 Å². The minimum absolute atomic E-state index is 0.185. The van der Waals surface area contributed by atoms with Crippen molar-refractivity contribution in [2.75, 3.05) is 0 Å². The van der Waals surface area contributed by atoms with Crippen molar-refractivity contribution >= 4 is 5.57 Å². The van der Waals surface area contributed by atoms with Crippen LogP contribution >= 0.6 is 0 Å². The molecule has 0 radical (unpaired) electrons. The van der Waals surface area contributed by atoms with Crippen LogP contribution in [0.4, 0.5) is 0 Å². The van der Waals surface area contributed by atoms with Crippen molar-refractivity contribution in [1.82, 2.24) is 0 Å². The molecule has 0 unspecified atom stereocenters. The second kappa shape index (κ2) is 5.98. The Kier molecular flexibility index (Phi) is 4.16. The molecule has 0 saturated carbocycles. The van der Waals surface area contributed by atoms with Gasteiger partial charge in [-0.2, -0.15) is 0 Å². The van der Waals surface area contributed by atoms with E-state index in [0.717, 1.165) is 12.8 Å². The molecule has 3 rings (SSSR count). The molecular formula is C22H27N. The topological polar surface area (TPSA) is 26.0 Å². The Labute approximate surface area is 140 Å². The lowest BCUT2D eigenvalue weighted by Crippen LogP contribution is -2.30. The molecular weight excluding hydrogens is 278 g/mol. The molecule has 2 aromatic rings. The largest absolute Gasteiger partial charge is 0.325 e. The fourth-order valence-corrected chi connectivity index (χ4v) is 3.23. The summed E-state index contributed by atoms with van der Waals surface area (Å²) < 4.78 is 0. The van der Waals surface area contributed by atoms with Crippen molar-refractivity contribution in [3.8, 4) is 0 Å². The van der Waals surface area contributed by atoms with Crippen LogP contribution in [-0.4, -0.2) is 5.54 Å². The summed E-state index contributed by atoms with van der Waals surface area (Å²) >= 11 is 0. The van der Waals surface area contributed by atoms with Gasteiger partial charge in [0.1, 0.15) is 0 Å². The number of hydrogen-bond donors (Lipinski definition) is 1. The molecule has 0 heterocycles. The highest BCUT2D eigenvalue weighted by molar-refractivity contribution is 5.86. The van der Waals surface area contributed by atoms with Gasteiger partial charge in [0.15, 0.2) is 0 Å². The molecule has 0 fully saturated rings. The summed E-state index contributed by atoms with van der Waals surface area (Å²) in [6.45, 7) is 8.68. The molecule has 1 heteroatoms. The monoisotopic (exact) mass is 305 g/mol. The van der Waals surface area contributed by atoms with E-state index in [9.17, 15) is 0 Å². The Bertz CT molecular complexity index is 745. The van der Waals surface area contributed by atoms with Crippen LogP contribution in [0.25, 0.3) is 5.57 Å². The van der Waals surface area contributed by atoms with Crippen molar-refractivity contribution in [3.63, 3.8) is 0 Å². The highest BCUT2D eigenvalue weighted by atomic mass is 14.7. The first-order valence-corrected chi connectivity index (χ1v) is 8.56. The second-order valence-electron chi connectivity index (χ2n) is 7.72. The molecule has 1 nitrogen and oxygen atoms in total. The van der Waals surface area contributed by atoms with Gasteiger partial charge in [-0.25, -0.2) is 0 Å². The molecule has 0 aliphatic heterocycles. The van der Waals surface area contributed by atoms with E-state index < -0.39 is 0 Å². The van der Waals surface area contributed by atoms with Gasteiger partial charge in [-0.05, 0) is 66.0 Å². The summed E-state index contributed by atoms with van der Waals surface area (Å²) in [4.78, 5) is 0. The normalized spacial score (nSPS) is 15.7. The summed E-state index contributed by atoms with van der Waals surface area (Å²) in [5.41, 5.74) is 14.4. The van der Waals surface area contributed by atoms with Gasteiger partial charge in [-0.1, -0.05) is 62.4 Å². The Morgan fingerprint density at radius 1 is 1.04 bits per heavy atom. The third kappa shape index (κ3) is 3.40. The van der Waals surface area contributed by atoms with E-state index in [-0.39, 0.29) is 5.54 Å². The average Bonchev–Trinajstić information content (AvgIpc) is 2.49. The quantitative estimate of drug-likeness (QED) is 0.700. The van der Waals surface area contributed by atoms with Gasteiger partial charge in [0.25, 0.3) is 0 Å². The summed E-state index contributed by atoms with van der Waals surface area (Å²) in [5, 5.41) is 0. The first-order chi connectivity index (χ1) is 10.8. The maximum Gasteiger partial charge on any atom is 0.0132 e. The average molecular weight is 305 g/mol. The van der Waals surface area contributed by atoms with Crippen LogP contribution in [0.3, 0.4) is 0 Å². The molecule has 120 valence electrons. The summed E-state index contributed by atoms with van der Waals surface area (Å²) in [7, 11) is 0. The van der Waals surface area contributed by atoms with Crippen LogP contribution in [0.15, 0.2) is 48.5 Å². The number of rotatable bonds is 3. The molecule has 0 saturated heterocycles. The van der Waals surface area contributed by atoms with Crippen molar-refractivity contribution < 1.29 is 0 Å². The second-order valence-corrected chi connectivity index (χ2v) is 7.72. The van der Waals surface area contributed by atoms with E-state index >= 15 is 0 Å². The maximum absolute atomic E-state index is 6.23. The fourth-order valence-electron chi connectivity index (χ4n) is 3.23. The number of hydrogen-bond acceptors (Lipinski definition) is 1. The van der Waals surface area contributed by atoms with Crippen molar-refractivity contribution in [2.24, 2.45) is 5.73 Å². The van der Waals surface area contributed by atoms with E-state index in [2.05, 4.69) is 76.2 Å². The van der Waals surface area contributed by atoms with Gasteiger partial charge < -0.3 is 5.73 Å². The van der Waals surface area contributed by atoms with Gasteiger partial charge in [0, 0.05) is 5.54 Å². The van der Waals surface area contributed by atoms with E-state index in [1.807, 2.05) is 0 Å². The summed E-state index contributed by atoms with van der Waals surface area (Å²) in [5.74, 6) is 0.546. The van der Waals surface area contributed by atoms with Crippen LogP contribution < -0.4 is 5.73 Å². The first kappa shape index (κ1) is 16.0. The molecule has 2 N–H and O–H groups in total. The predicted molar refractivity (Wildman–Crippen MR) is 99.7 cm³/mol. The van der Waals surface area contributed by atoms with E-state index in [1.165, 1.54) is 33.4 Å². The highest BCUT2D eigenvalue weighted by Crippen LogP contribution is 2.37. The van der Waals surface area contributed by atoms with E-state index in [1.54, 1.807) is 0 Å². The zero-order valence-corrected chi connectivity index (χ0v) is 14.7. The van der Waals surface area contributed by atoms with Crippen LogP contribution in [0.5, 0.6) is 0 Å². The third-order valence-corrected chi connectivity index (χ3v) is 4.61. The van der Waals surface area contributed by atoms with Gasteiger partial charge in [0.05, 0.1) is 0 Å². The predicted octanol–water partition coefficient (Wildman–Crippen LogP) is 5.27. The third-order valence-electron chi connectivity index (χ3n) is 4.61. The maximum atomic E-state index is 6.23. The fraction of sp³-hybridized carbons (Fsp3) is 0.364. The SMILES string of the molecule is CC(C)c1ccc2c(c1)/C(=C\CC(C)(C)N)c1ccccc1C2. The molecule has 0 spiro atoms. The van der Waals surface area contributed by atoms with Gasteiger partial charge in [-0.15, -0.1) is 0 Å². The smallest absolute Gasteiger partial charge is 0.0132 e. The minimum atomic E-state index is -0.185. The van der Waals surface area contributed by atoms with Crippen molar-refractivity contribution in [1.29, 1.82) is 0 Å². The molecule has 1 aliphatic carbocycles. The Morgan fingerprint density at radius 2 is 1.74 bits per heavy atom. The van der Waals surface area contributed by atoms with Crippen LogP contribution in [0.1, 0.15) is 67.9 Å². The van der Waals surface area contributed by atoms with Gasteiger partial charge in [0.2, 0.25) is 0 Å².